The molecule has 5 heteroatoms. The second-order valence-electron chi connectivity index (χ2n) is 7.51. The van der Waals surface area contributed by atoms with Crippen molar-refractivity contribution in [3.63, 3.8) is 0 Å². The second kappa shape index (κ2) is 8.52. The van der Waals surface area contributed by atoms with Crippen molar-refractivity contribution in [1.82, 2.24) is 10.3 Å². The van der Waals surface area contributed by atoms with Gasteiger partial charge in [-0.2, -0.15) is 0 Å². The minimum atomic E-state index is -0.150. The Morgan fingerprint density at radius 2 is 1.76 bits per heavy atom. The number of carbonyl (C=O) groups is 1. The van der Waals surface area contributed by atoms with Crippen LogP contribution in [0.2, 0.25) is 0 Å². The number of aromatic nitrogens is 1. The van der Waals surface area contributed by atoms with Crippen LogP contribution in [-0.2, 0) is 6.42 Å². The second-order valence-corrected chi connectivity index (χ2v) is 7.51. The molecule has 1 aliphatic rings. The van der Waals surface area contributed by atoms with Gasteiger partial charge in [-0.1, -0.05) is 36.8 Å². The lowest BCUT2D eigenvalue weighted by Crippen LogP contribution is -2.38. The summed E-state index contributed by atoms with van der Waals surface area (Å²) >= 11 is 0. The highest BCUT2D eigenvalue weighted by atomic mass is 16.5. The van der Waals surface area contributed by atoms with Gasteiger partial charge in [-0.05, 0) is 49.4 Å². The molecule has 0 radical (unpaired) electrons. The molecule has 0 bridgehead atoms. The van der Waals surface area contributed by atoms with Crippen molar-refractivity contribution < 1.29 is 14.3 Å². The average Bonchev–Trinajstić information content (AvgIpc) is 3.19. The predicted molar refractivity (Wildman–Crippen MR) is 114 cm³/mol. The van der Waals surface area contributed by atoms with Crippen molar-refractivity contribution in [2.45, 2.75) is 31.7 Å². The van der Waals surface area contributed by atoms with Crippen molar-refractivity contribution in [2.24, 2.45) is 5.92 Å². The first-order valence-corrected chi connectivity index (χ1v) is 10.1. The molecule has 0 saturated heterocycles. The van der Waals surface area contributed by atoms with E-state index < -0.39 is 0 Å². The van der Waals surface area contributed by atoms with Gasteiger partial charge < -0.3 is 14.8 Å². The summed E-state index contributed by atoms with van der Waals surface area (Å²) in [4.78, 5) is 17.9. The zero-order valence-corrected chi connectivity index (χ0v) is 16.9. The monoisotopic (exact) mass is 390 g/mol. The maximum Gasteiger partial charge on any atom is 0.259 e. The van der Waals surface area contributed by atoms with E-state index in [2.05, 4.69) is 23.5 Å². The van der Waals surface area contributed by atoms with Gasteiger partial charge in [0.05, 0.1) is 19.7 Å². The molecule has 29 heavy (non-hydrogen) atoms. The van der Waals surface area contributed by atoms with Gasteiger partial charge in [0.15, 0.2) is 0 Å². The average molecular weight is 390 g/mol. The lowest BCUT2D eigenvalue weighted by molar-refractivity contribution is 0.0921. The van der Waals surface area contributed by atoms with E-state index in [0.717, 1.165) is 42.3 Å². The van der Waals surface area contributed by atoms with E-state index in [1.54, 1.807) is 26.4 Å². The summed E-state index contributed by atoms with van der Waals surface area (Å²) in [7, 11) is 3.13. The van der Waals surface area contributed by atoms with E-state index >= 15 is 0 Å². The molecule has 3 aromatic rings. The number of methoxy groups -OCH3 is 2. The third kappa shape index (κ3) is 4.04. The fourth-order valence-electron chi connectivity index (χ4n) is 4.28. The summed E-state index contributed by atoms with van der Waals surface area (Å²) < 4.78 is 10.8. The molecule has 150 valence electrons. The molecule has 2 atom stereocenters. The molecule has 1 saturated carbocycles. The van der Waals surface area contributed by atoms with Gasteiger partial charge in [-0.15, -0.1) is 0 Å². The number of pyridine rings is 1. The van der Waals surface area contributed by atoms with Gasteiger partial charge >= 0.3 is 0 Å². The highest BCUT2D eigenvalue weighted by Gasteiger charge is 2.30. The number of nitrogens with zero attached hydrogens (tertiary/aromatic N) is 1. The van der Waals surface area contributed by atoms with E-state index in [0.29, 0.717) is 23.0 Å². The Morgan fingerprint density at radius 3 is 2.52 bits per heavy atom. The first kappa shape index (κ1) is 19.2. The minimum absolute atomic E-state index is 0.116. The zero-order chi connectivity index (χ0) is 20.2. The van der Waals surface area contributed by atoms with Crippen molar-refractivity contribution in [3.05, 3.63) is 65.9 Å². The van der Waals surface area contributed by atoms with Gasteiger partial charge in [0.2, 0.25) is 0 Å². The lowest BCUT2D eigenvalue weighted by Gasteiger charge is -2.22. The molecule has 2 aromatic carbocycles. The number of ether oxygens (including phenoxy) is 2. The zero-order valence-electron chi connectivity index (χ0n) is 16.9. The van der Waals surface area contributed by atoms with Crippen LogP contribution in [0.1, 0.15) is 35.3 Å². The van der Waals surface area contributed by atoms with E-state index in [9.17, 15) is 4.79 Å². The van der Waals surface area contributed by atoms with Crippen LogP contribution < -0.4 is 14.8 Å². The Kier molecular flexibility index (Phi) is 5.65. The van der Waals surface area contributed by atoms with Crippen LogP contribution in [0, 0.1) is 5.92 Å². The quantitative estimate of drug-likeness (QED) is 0.678. The number of hydrogen-bond acceptors (Lipinski definition) is 4. The number of para-hydroxylation sites is 1. The summed E-state index contributed by atoms with van der Waals surface area (Å²) in [6.45, 7) is 0. The van der Waals surface area contributed by atoms with Crippen LogP contribution in [0.4, 0.5) is 0 Å². The maximum atomic E-state index is 13.0. The van der Waals surface area contributed by atoms with Crippen LogP contribution in [0.3, 0.4) is 0 Å². The third-order valence-electron chi connectivity index (χ3n) is 5.76. The van der Waals surface area contributed by atoms with Gasteiger partial charge in [0.1, 0.15) is 17.1 Å². The molecule has 0 aliphatic heterocycles. The molecule has 1 aromatic heterocycles. The van der Waals surface area contributed by atoms with Gasteiger partial charge in [-0.3, -0.25) is 9.78 Å². The van der Waals surface area contributed by atoms with Gasteiger partial charge in [0.25, 0.3) is 5.91 Å². The smallest absolute Gasteiger partial charge is 0.259 e. The molecule has 0 spiro atoms. The molecule has 1 heterocycles. The number of hydrogen-bond donors (Lipinski definition) is 1. The highest BCUT2D eigenvalue weighted by molar-refractivity contribution is 6.00. The van der Waals surface area contributed by atoms with E-state index in [1.807, 2.05) is 24.3 Å². The molecule has 1 amide bonds. The molecule has 1 aliphatic carbocycles. The fourth-order valence-corrected chi connectivity index (χ4v) is 4.28. The predicted octanol–water partition coefficient (Wildman–Crippen LogP) is 4.39. The summed E-state index contributed by atoms with van der Waals surface area (Å²) in [5.74, 6) is 1.26. The number of fused-ring (bicyclic) bond motifs is 1. The first-order valence-electron chi connectivity index (χ1n) is 10.1. The van der Waals surface area contributed by atoms with Crippen LogP contribution >= 0.6 is 0 Å². The van der Waals surface area contributed by atoms with Gasteiger partial charge in [0, 0.05) is 17.1 Å². The normalized spacial score (nSPS) is 18.6. The number of nitrogens with one attached hydrogen (secondary N) is 1. The Morgan fingerprint density at radius 1 is 1.00 bits per heavy atom. The standard InChI is InChI=1S/C24H26N2O3/c1-28-21-11-6-12-22(29-2)23(21)24(27)26-20-10-5-8-17(20)15-18-14-13-16-7-3-4-9-19(16)25-18/h3-4,6-7,9,11-14,17,20H,5,8,10,15H2,1-2H3,(H,26,27)/t17-,20-/m0/s1. The molecule has 5 nitrogen and oxygen atoms in total. The van der Waals surface area contributed by atoms with Crippen LogP contribution in [0.25, 0.3) is 10.9 Å². The molecular weight excluding hydrogens is 364 g/mol. The highest BCUT2D eigenvalue weighted by Crippen LogP contribution is 2.32. The van der Waals surface area contributed by atoms with Crippen molar-refractivity contribution >= 4 is 16.8 Å². The molecule has 1 fully saturated rings. The van der Waals surface area contributed by atoms with Gasteiger partial charge in [-0.25, -0.2) is 0 Å². The molecule has 0 unspecified atom stereocenters. The van der Waals surface area contributed by atoms with E-state index in [4.69, 9.17) is 14.5 Å². The number of benzene rings is 2. The number of amides is 1. The SMILES string of the molecule is COc1cccc(OC)c1C(=O)N[C@H]1CCC[C@H]1Cc1ccc2ccccc2n1. The Bertz CT molecular complexity index is 996. The fraction of sp³-hybridized carbons (Fsp3) is 0.333. The van der Waals surface area contributed by atoms with Crippen LogP contribution in [0.15, 0.2) is 54.6 Å². The summed E-state index contributed by atoms with van der Waals surface area (Å²) in [6.07, 6.45) is 4.02. The Balaban J connectivity index is 1.51. The van der Waals surface area contributed by atoms with E-state index in [-0.39, 0.29) is 11.9 Å². The largest absolute Gasteiger partial charge is 0.496 e. The first-order chi connectivity index (χ1) is 14.2. The minimum Gasteiger partial charge on any atom is -0.496 e. The summed E-state index contributed by atoms with van der Waals surface area (Å²) in [5.41, 5.74) is 2.54. The van der Waals surface area contributed by atoms with Crippen LogP contribution in [0.5, 0.6) is 11.5 Å². The summed E-state index contributed by atoms with van der Waals surface area (Å²) in [5, 5.41) is 4.37. The van der Waals surface area contributed by atoms with Crippen molar-refractivity contribution in [1.29, 1.82) is 0 Å². The summed E-state index contributed by atoms with van der Waals surface area (Å²) in [6, 6.07) is 17.9. The molecule has 4 rings (SSSR count). The number of rotatable bonds is 6. The maximum absolute atomic E-state index is 13.0. The lowest BCUT2D eigenvalue weighted by atomic mass is 9.96. The van der Waals surface area contributed by atoms with Crippen molar-refractivity contribution in [2.75, 3.05) is 14.2 Å². The van der Waals surface area contributed by atoms with Crippen LogP contribution in [-0.4, -0.2) is 31.2 Å². The molecule has 1 N–H and O–H groups in total. The Labute approximate surface area is 171 Å². The topological polar surface area (TPSA) is 60.5 Å². The molecular formula is C24H26N2O3. The number of carbonyl (C=O) groups excluding carboxylic acids is 1. The Hall–Kier alpha value is -3.08. The third-order valence-corrected chi connectivity index (χ3v) is 5.76. The van der Waals surface area contributed by atoms with Crippen molar-refractivity contribution in [3.8, 4) is 11.5 Å². The van der Waals surface area contributed by atoms with E-state index in [1.165, 1.54) is 0 Å².